The molecule has 10 heteroatoms. The molecule has 4 N–H and O–H groups in total. The number of hydrogen-bond acceptors (Lipinski definition) is 6. The van der Waals surface area contributed by atoms with Crippen LogP contribution in [0.25, 0.3) is 16.7 Å². The zero-order valence-corrected chi connectivity index (χ0v) is 22.9. The predicted octanol–water partition coefficient (Wildman–Crippen LogP) is 3.23. The molecule has 0 spiro atoms. The Bertz CT molecular complexity index is 1660. The third-order valence-corrected chi connectivity index (χ3v) is 11.7. The predicted molar refractivity (Wildman–Crippen MR) is 148 cm³/mol. The zero-order chi connectivity index (χ0) is 27.0. The van der Waals surface area contributed by atoms with Gasteiger partial charge in [0.2, 0.25) is 10.0 Å². The van der Waals surface area contributed by atoms with Gasteiger partial charge in [-0.05, 0) is 80.0 Å². The lowest BCUT2D eigenvalue weighted by Crippen LogP contribution is -2.62. The van der Waals surface area contributed by atoms with Gasteiger partial charge in [-0.2, -0.15) is 0 Å². The second-order valence-electron chi connectivity index (χ2n) is 12.1. The van der Waals surface area contributed by atoms with E-state index in [0.29, 0.717) is 6.42 Å². The van der Waals surface area contributed by atoms with Crippen LogP contribution in [0.2, 0.25) is 0 Å². The first-order valence-electron chi connectivity index (χ1n) is 13.9. The Balaban J connectivity index is 1.36. The summed E-state index contributed by atoms with van der Waals surface area (Å²) in [7, 11) is -3.41. The number of nitrogens with one attached hydrogen (secondary N) is 2. The van der Waals surface area contributed by atoms with Gasteiger partial charge in [0.25, 0.3) is 0 Å². The summed E-state index contributed by atoms with van der Waals surface area (Å²) >= 11 is 0. The summed E-state index contributed by atoms with van der Waals surface area (Å²) in [4.78, 5) is 12.7. The first-order valence-corrected chi connectivity index (χ1v) is 15.5. The summed E-state index contributed by atoms with van der Waals surface area (Å²) in [6.45, 7) is 1.87. The van der Waals surface area contributed by atoms with Crippen molar-refractivity contribution in [3.05, 3.63) is 65.4 Å². The van der Waals surface area contributed by atoms with Crippen LogP contribution in [-0.2, 0) is 21.9 Å². The number of rotatable bonds is 8. The van der Waals surface area contributed by atoms with Crippen LogP contribution in [0.5, 0.6) is 0 Å². The van der Waals surface area contributed by atoms with Gasteiger partial charge >= 0.3 is 0 Å². The molecular formula is C29H35N5O4S. The number of imidazole rings is 1. The third kappa shape index (κ3) is 4.03. The molecule has 2 unspecified atom stereocenters. The molecule has 0 amide bonds. The number of nitrogens with zero attached hydrogens (tertiary/aromatic N) is 3. The van der Waals surface area contributed by atoms with E-state index in [-0.39, 0.29) is 23.2 Å². The van der Waals surface area contributed by atoms with Crippen molar-refractivity contribution in [2.45, 2.75) is 86.5 Å². The summed E-state index contributed by atoms with van der Waals surface area (Å²) in [5.74, 6) is 0.756. The Kier molecular flexibility index (Phi) is 5.72. The first kappa shape index (κ1) is 25.2. The second-order valence-corrected chi connectivity index (χ2v) is 14.0. The van der Waals surface area contributed by atoms with Crippen LogP contribution in [0.15, 0.2) is 42.9 Å². The number of aliphatic hydroxyl groups is 2. The third-order valence-electron chi connectivity index (χ3n) is 9.62. The SMILES string of the molecule is Cc1ccc(CC(O)CO)cc1C12CCC(NS(=O)(=O)C3CC3)(CC1)C(c1ncc3cnc4[nH]ccc4n13)C2. The highest BCUT2D eigenvalue weighted by atomic mass is 32.2. The summed E-state index contributed by atoms with van der Waals surface area (Å²) in [5.41, 5.74) is 5.36. The van der Waals surface area contributed by atoms with E-state index in [1.54, 1.807) is 0 Å². The van der Waals surface area contributed by atoms with E-state index >= 15 is 0 Å². The van der Waals surface area contributed by atoms with Gasteiger partial charge in [-0.3, -0.25) is 4.40 Å². The van der Waals surface area contributed by atoms with Gasteiger partial charge in [-0.15, -0.1) is 0 Å². The van der Waals surface area contributed by atoms with Crippen LogP contribution < -0.4 is 4.72 Å². The fourth-order valence-corrected chi connectivity index (χ4v) is 9.24. The van der Waals surface area contributed by atoms with Crippen molar-refractivity contribution in [3.8, 4) is 0 Å². The topological polar surface area (TPSA) is 133 Å². The first-order chi connectivity index (χ1) is 18.7. The molecule has 2 bridgehead atoms. The highest BCUT2D eigenvalue weighted by Crippen LogP contribution is 2.60. The molecule has 4 aliphatic carbocycles. The van der Waals surface area contributed by atoms with Crippen molar-refractivity contribution in [2.24, 2.45) is 0 Å². The van der Waals surface area contributed by atoms with Crippen molar-refractivity contribution in [3.63, 3.8) is 0 Å². The molecule has 4 fully saturated rings. The molecule has 39 heavy (non-hydrogen) atoms. The standard InChI is InChI=1S/C29H35N5O4S/c1-18-2-3-19(12-21(36)17-35)13-23(18)28-7-9-29(10-8-28,33-39(37,38)22-4-5-22)24(14-28)27-32-16-20-15-31-26-25(34(20)27)6-11-30-26/h2-3,6,11,13,15-16,21-22,24,30,33,35-36H,4-5,7-10,12,14,17H2,1H3. The number of H-pyrrole nitrogens is 1. The molecule has 4 aromatic rings. The van der Waals surface area contributed by atoms with Crippen LogP contribution in [0.1, 0.15) is 73.4 Å². The van der Waals surface area contributed by atoms with Gasteiger partial charge in [0.05, 0.1) is 41.4 Å². The lowest BCUT2D eigenvalue weighted by molar-refractivity contribution is 0.0638. The summed E-state index contributed by atoms with van der Waals surface area (Å²) in [6.07, 6.45) is 10.6. The van der Waals surface area contributed by atoms with E-state index in [2.05, 4.69) is 38.1 Å². The minimum absolute atomic E-state index is 0.123. The number of aromatic amines is 1. The maximum Gasteiger partial charge on any atom is 0.215 e. The van der Waals surface area contributed by atoms with E-state index in [1.165, 1.54) is 11.1 Å². The Morgan fingerprint density at radius 2 is 1.92 bits per heavy atom. The molecule has 2 atom stereocenters. The van der Waals surface area contributed by atoms with Crippen molar-refractivity contribution in [1.29, 1.82) is 0 Å². The Morgan fingerprint density at radius 1 is 1.15 bits per heavy atom. The average Bonchev–Trinajstić information content (AvgIpc) is 3.55. The highest BCUT2D eigenvalue weighted by Gasteiger charge is 2.59. The second kappa shape index (κ2) is 8.86. The molecule has 0 radical (unpaired) electrons. The largest absolute Gasteiger partial charge is 0.394 e. The Morgan fingerprint density at radius 3 is 2.67 bits per heavy atom. The molecule has 206 valence electrons. The number of benzene rings is 1. The van der Waals surface area contributed by atoms with Crippen molar-refractivity contribution < 1.29 is 18.6 Å². The van der Waals surface area contributed by atoms with E-state index < -0.39 is 21.7 Å². The number of aromatic nitrogens is 4. The van der Waals surface area contributed by atoms with Crippen molar-refractivity contribution in [1.82, 2.24) is 24.1 Å². The molecule has 4 aliphatic rings. The highest BCUT2D eigenvalue weighted by molar-refractivity contribution is 7.90. The number of aliphatic hydroxyl groups excluding tert-OH is 2. The molecule has 1 aromatic carbocycles. The minimum atomic E-state index is -3.41. The van der Waals surface area contributed by atoms with E-state index in [4.69, 9.17) is 4.98 Å². The van der Waals surface area contributed by atoms with Gasteiger partial charge in [-0.1, -0.05) is 18.2 Å². The number of sulfonamides is 1. The Labute approximate surface area is 227 Å². The van der Waals surface area contributed by atoms with Gasteiger partial charge < -0.3 is 15.2 Å². The molecule has 8 rings (SSSR count). The van der Waals surface area contributed by atoms with Crippen LogP contribution in [0.4, 0.5) is 0 Å². The fourth-order valence-electron chi connectivity index (χ4n) is 7.40. The maximum atomic E-state index is 13.4. The molecule has 0 aliphatic heterocycles. The smallest absolute Gasteiger partial charge is 0.215 e. The van der Waals surface area contributed by atoms with E-state index in [0.717, 1.165) is 73.0 Å². The average molecular weight is 550 g/mol. The monoisotopic (exact) mass is 549 g/mol. The van der Waals surface area contributed by atoms with Crippen molar-refractivity contribution in [2.75, 3.05) is 6.61 Å². The molecule has 3 aromatic heterocycles. The van der Waals surface area contributed by atoms with Crippen LogP contribution >= 0.6 is 0 Å². The fraction of sp³-hybridized carbons (Fsp3) is 0.517. The lowest BCUT2D eigenvalue weighted by Gasteiger charge is -2.58. The van der Waals surface area contributed by atoms with Gasteiger partial charge in [0, 0.05) is 24.1 Å². The summed E-state index contributed by atoms with van der Waals surface area (Å²) < 4.78 is 32.2. The number of aryl methyl sites for hydroxylation is 1. The maximum absolute atomic E-state index is 13.4. The molecule has 0 saturated heterocycles. The quantitative estimate of drug-likeness (QED) is 0.267. The minimum Gasteiger partial charge on any atom is -0.394 e. The molecular weight excluding hydrogens is 514 g/mol. The lowest BCUT2D eigenvalue weighted by atomic mass is 9.50. The van der Waals surface area contributed by atoms with E-state index in [1.807, 2.05) is 30.7 Å². The summed E-state index contributed by atoms with van der Waals surface area (Å²) in [6, 6.07) is 8.35. The van der Waals surface area contributed by atoms with Crippen molar-refractivity contribution >= 4 is 26.7 Å². The van der Waals surface area contributed by atoms with Gasteiger partial charge in [0.15, 0.2) is 5.65 Å². The Hall–Kier alpha value is -2.79. The zero-order valence-electron chi connectivity index (χ0n) is 22.1. The number of hydrogen-bond donors (Lipinski definition) is 4. The van der Waals surface area contributed by atoms with E-state index in [9.17, 15) is 18.6 Å². The van der Waals surface area contributed by atoms with Crippen LogP contribution in [-0.4, -0.2) is 61.5 Å². The molecule has 3 heterocycles. The normalized spacial score (nSPS) is 27.9. The van der Waals surface area contributed by atoms with Crippen LogP contribution in [0, 0.1) is 6.92 Å². The molecule has 4 saturated carbocycles. The van der Waals surface area contributed by atoms with Crippen LogP contribution in [0.3, 0.4) is 0 Å². The number of fused-ring (bicyclic) bond motifs is 6. The molecule has 9 nitrogen and oxygen atoms in total. The summed E-state index contributed by atoms with van der Waals surface area (Å²) in [5, 5.41) is 19.2. The van der Waals surface area contributed by atoms with Gasteiger partial charge in [-0.25, -0.2) is 23.1 Å². The van der Waals surface area contributed by atoms with Gasteiger partial charge in [0.1, 0.15) is 5.82 Å².